The summed E-state index contributed by atoms with van der Waals surface area (Å²) in [4.78, 5) is 24.5. The van der Waals surface area contributed by atoms with Crippen molar-refractivity contribution in [2.45, 2.75) is 13.0 Å². The summed E-state index contributed by atoms with van der Waals surface area (Å²) in [6.07, 6.45) is 0. The third-order valence-corrected chi connectivity index (χ3v) is 4.60. The Kier molecular flexibility index (Phi) is 7.99. The monoisotopic (exact) mass is 441 g/mol. The molecule has 0 radical (unpaired) electrons. The number of carbonyl (C=O) groups excluding carboxylic acids is 2. The van der Waals surface area contributed by atoms with Gasteiger partial charge in [-0.15, -0.1) is 0 Å². The molecule has 0 spiro atoms. The van der Waals surface area contributed by atoms with E-state index in [2.05, 4.69) is 5.32 Å². The topological polar surface area (TPSA) is 83.1 Å². The van der Waals surface area contributed by atoms with E-state index in [1.54, 1.807) is 25.1 Å². The quantitative estimate of drug-likeness (QED) is 0.621. The number of hydrogen-bond donors (Lipinski definition) is 1. The largest absolute Gasteiger partial charge is 0.493 e. The molecule has 0 aliphatic carbocycles. The summed E-state index contributed by atoms with van der Waals surface area (Å²) in [5, 5.41) is 3.64. The zero-order valence-electron chi connectivity index (χ0n) is 16.4. The molecule has 0 saturated heterocycles. The molecule has 0 unspecified atom stereocenters. The molecule has 0 bridgehead atoms. The third-order valence-electron chi connectivity index (χ3n) is 4.04. The molecule has 2 aromatic carbocycles. The second-order valence-corrected chi connectivity index (χ2v) is 6.79. The molecule has 0 heterocycles. The lowest BCUT2D eigenvalue weighted by molar-refractivity contribution is -0.124. The van der Waals surface area contributed by atoms with Crippen LogP contribution >= 0.6 is 23.2 Å². The predicted molar refractivity (Wildman–Crippen MR) is 109 cm³/mol. The predicted octanol–water partition coefficient (Wildman–Crippen LogP) is 4.05. The number of rotatable bonds is 8. The van der Waals surface area contributed by atoms with E-state index < -0.39 is 24.5 Å². The molecule has 0 fully saturated rings. The lowest BCUT2D eigenvalue weighted by atomic mass is 10.1. The molecule has 2 aromatic rings. The van der Waals surface area contributed by atoms with Crippen LogP contribution < -0.4 is 19.5 Å². The number of ether oxygens (including phenoxy) is 4. The Bertz CT molecular complexity index is 878. The van der Waals surface area contributed by atoms with Crippen molar-refractivity contribution in [1.29, 1.82) is 0 Å². The van der Waals surface area contributed by atoms with Crippen molar-refractivity contribution in [3.8, 4) is 17.2 Å². The minimum absolute atomic E-state index is 0.154. The van der Waals surface area contributed by atoms with Gasteiger partial charge >= 0.3 is 5.97 Å². The maximum absolute atomic E-state index is 12.3. The standard InChI is InChI=1S/C20H21Cl2NO6/c1-11(14-6-5-13(21)9-15(14)22)23-18(24)10-29-20(25)12-7-16(26-2)19(28-4)17(8-12)27-3/h5-9,11H,10H2,1-4H3,(H,23,24)/t11-/m1/s1. The maximum atomic E-state index is 12.3. The Morgan fingerprint density at radius 1 is 1.00 bits per heavy atom. The molecule has 7 nitrogen and oxygen atoms in total. The van der Waals surface area contributed by atoms with Crippen molar-refractivity contribution in [3.63, 3.8) is 0 Å². The molecular formula is C20H21Cl2NO6. The van der Waals surface area contributed by atoms with Crippen molar-refractivity contribution < 1.29 is 28.5 Å². The van der Waals surface area contributed by atoms with E-state index in [0.29, 0.717) is 32.9 Å². The first kappa shape index (κ1) is 22.6. The van der Waals surface area contributed by atoms with Gasteiger partial charge in [-0.1, -0.05) is 29.3 Å². The molecular weight excluding hydrogens is 421 g/mol. The van der Waals surface area contributed by atoms with Crippen molar-refractivity contribution in [2.24, 2.45) is 0 Å². The second-order valence-electron chi connectivity index (χ2n) is 5.95. The van der Waals surface area contributed by atoms with Gasteiger partial charge in [0.2, 0.25) is 5.75 Å². The van der Waals surface area contributed by atoms with E-state index in [-0.39, 0.29) is 5.56 Å². The van der Waals surface area contributed by atoms with Crippen molar-refractivity contribution >= 4 is 35.1 Å². The van der Waals surface area contributed by atoms with Crippen LogP contribution in [0.1, 0.15) is 28.9 Å². The van der Waals surface area contributed by atoms with Crippen molar-refractivity contribution in [1.82, 2.24) is 5.32 Å². The molecule has 0 aliphatic rings. The van der Waals surface area contributed by atoms with Crippen molar-refractivity contribution in [3.05, 3.63) is 51.5 Å². The van der Waals surface area contributed by atoms with Crippen molar-refractivity contribution in [2.75, 3.05) is 27.9 Å². The normalized spacial score (nSPS) is 11.4. The van der Waals surface area contributed by atoms with E-state index in [4.69, 9.17) is 42.1 Å². The first-order valence-electron chi connectivity index (χ1n) is 8.52. The smallest absolute Gasteiger partial charge is 0.338 e. The van der Waals surface area contributed by atoms with Crippen LogP contribution in [0.5, 0.6) is 17.2 Å². The van der Waals surface area contributed by atoms with Crippen LogP contribution in [0.2, 0.25) is 10.0 Å². The Labute approximate surface area is 178 Å². The number of esters is 1. The number of carbonyl (C=O) groups is 2. The number of nitrogens with one attached hydrogen (secondary N) is 1. The molecule has 0 aromatic heterocycles. The fourth-order valence-electron chi connectivity index (χ4n) is 2.63. The van der Waals surface area contributed by atoms with Crippen LogP contribution in [0, 0.1) is 0 Å². The number of methoxy groups -OCH3 is 3. The fourth-order valence-corrected chi connectivity index (χ4v) is 3.20. The van der Waals surface area contributed by atoms with Gasteiger partial charge in [-0.2, -0.15) is 0 Å². The fraction of sp³-hybridized carbons (Fsp3) is 0.300. The van der Waals surface area contributed by atoms with Crippen LogP contribution in [-0.4, -0.2) is 39.8 Å². The van der Waals surface area contributed by atoms with Gasteiger partial charge < -0.3 is 24.3 Å². The Morgan fingerprint density at radius 3 is 2.14 bits per heavy atom. The highest BCUT2D eigenvalue weighted by molar-refractivity contribution is 6.35. The Balaban J connectivity index is 2.02. The van der Waals surface area contributed by atoms with Crippen LogP contribution in [0.4, 0.5) is 0 Å². The molecule has 1 N–H and O–H groups in total. The molecule has 0 aliphatic heterocycles. The Morgan fingerprint density at radius 2 is 1.62 bits per heavy atom. The summed E-state index contributed by atoms with van der Waals surface area (Å²) in [6, 6.07) is 7.47. The molecule has 1 atom stereocenters. The van der Waals surface area contributed by atoms with E-state index >= 15 is 0 Å². The summed E-state index contributed by atoms with van der Waals surface area (Å²) < 4.78 is 20.7. The van der Waals surface area contributed by atoms with Crippen LogP contribution in [0.15, 0.2) is 30.3 Å². The first-order valence-corrected chi connectivity index (χ1v) is 9.27. The van der Waals surface area contributed by atoms with Gasteiger partial charge in [0.25, 0.3) is 5.91 Å². The van der Waals surface area contributed by atoms with Gasteiger partial charge in [-0.05, 0) is 36.8 Å². The van der Waals surface area contributed by atoms with Gasteiger partial charge in [-0.3, -0.25) is 4.79 Å². The van der Waals surface area contributed by atoms with Crippen LogP contribution in [0.3, 0.4) is 0 Å². The van der Waals surface area contributed by atoms with E-state index in [1.807, 2.05) is 0 Å². The molecule has 29 heavy (non-hydrogen) atoms. The highest BCUT2D eigenvalue weighted by Gasteiger charge is 2.19. The highest BCUT2D eigenvalue weighted by atomic mass is 35.5. The average Bonchev–Trinajstić information content (AvgIpc) is 2.70. The molecule has 1 amide bonds. The van der Waals surface area contributed by atoms with E-state index in [1.165, 1.54) is 33.5 Å². The van der Waals surface area contributed by atoms with Gasteiger partial charge in [0.1, 0.15) is 0 Å². The van der Waals surface area contributed by atoms with Gasteiger partial charge in [0.15, 0.2) is 18.1 Å². The lowest BCUT2D eigenvalue weighted by Gasteiger charge is -2.16. The Hall–Kier alpha value is -2.64. The van der Waals surface area contributed by atoms with Gasteiger partial charge in [0, 0.05) is 10.0 Å². The maximum Gasteiger partial charge on any atom is 0.338 e. The van der Waals surface area contributed by atoms with Crippen LogP contribution in [-0.2, 0) is 9.53 Å². The van der Waals surface area contributed by atoms with Crippen LogP contribution in [0.25, 0.3) is 0 Å². The zero-order valence-corrected chi connectivity index (χ0v) is 17.9. The average molecular weight is 442 g/mol. The minimum Gasteiger partial charge on any atom is -0.493 e. The molecule has 2 rings (SSSR count). The third kappa shape index (κ3) is 5.68. The number of halogens is 2. The highest BCUT2D eigenvalue weighted by Crippen LogP contribution is 2.38. The summed E-state index contributed by atoms with van der Waals surface area (Å²) in [6.45, 7) is 1.29. The number of hydrogen-bond acceptors (Lipinski definition) is 6. The first-order chi connectivity index (χ1) is 13.8. The minimum atomic E-state index is -0.711. The summed E-state index contributed by atoms with van der Waals surface area (Å²) >= 11 is 12.0. The number of amides is 1. The summed E-state index contributed by atoms with van der Waals surface area (Å²) in [5.74, 6) is -0.248. The van der Waals surface area contributed by atoms with E-state index in [0.717, 1.165) is 0 Å². The zero-order chi connectivity index (χ0) is 21.6. The summed E-state index contributed by atoms with van der Waals surface area (Å²) in [7, 11) is 4.32. The SMILES string of the molecule is COc1cc(C(=O)OCC(=O)N[C@H](C)c2ccc(Cl)cc2Cl)cc(OC)c1OC. The lowest BCUT2D eigenvalue weighted by Crippen LogP contribution is -2.31. The summed E-state index contributed by atoms with van der Waals surface area (Å²) in [5.41, 5.74) is 0.849. The molecule has 0 saturated carbocycles. The molecule has 156 valence electrons. The molecule has 9 heteroatoms. The van der Waals surface area contributed by atoms with Gasteiger partial charge in [0.05, 0.1) is 32.9 Å². The van der Waals surface area contributed by atoms with Gasteiger partial charge in [-0.25, -0.2) is 4.79 Å². The second kappa shape index (κ2) is 10.2. The number of benzene rings is 2. The van der Waals surface area contributed by atoms with E-state index in [9.17, 15) is 9.59 Å².